The second-order valence-electron chi connectivity index (χ2n) is 4.42. The van der Waals surface area contributed by atoms with Crippen LogP contribution in [-0.4, -0.2) is 20.0 Å². The molecule has 0 aliphatic carbocycles. The molecule has 0 saturated carbocycles. The van der Waals surface area contributed by atoms with Crippen LogP contribution in [0.4, 0.5) is 0 Å². The first kappa shape index (κ1) is 13.6. The highest BCUT2D eigenvalue weighted by molar-refractivity contribution is 5.99. The molecule has 0 aromatic heterocycles. The zero-order valence-corrected chi connectivity index (χ0v) is 10.9. The van der Waals surface area contributed by atoms with Gasteiger partial charge in [0.15, 0.2) is 5.78 Å². The van der Waals surface area contributed by atoms with Gasteiger partial charge in [0.1, 0.15) is 11.5 Å². The predicted octanol–water partition coefficient (Wildman–Crippen LogP) is 3.32. The van der Waals surface area contributed by atoms with Gasteiger partial charge in [-0.3, -0.25) is 4.79 Å². The van der Waals surface area contributed by atoms with E-state index in [1.165, 1.54) is 0 Å². The Labute approximate surface area is 103 Å². The summed E-state index contributed by atoms with van der Waals surface area (Å²) in [5.74, 6) is 1.92. The van der Waals surface area contributed by atoms with Gasteiger partial charge in [-0.25, -0.2) is 0 Å². The fourth-order valence-corrected chi connectivity index (χ4v) is 1.59. The van der Waals surface area contributed by atoms with Gasteiger partial charge in [-0.2, -0.15) is 0 Å². The van der Waals surface area contributed by atoms with Crippen molar-refractivity contribution in [1.82, 2.24) is 0 Å². The molecule has 0 saturated heterocycles. The third-order valence-corrected chi connectivity index (χ3v) is 2.66. The first-order chi connectivity index (χ1) is 8.08. The molecule has 94 valence electrons. The Morgan fingerprint density at radius 1 is 1.24 bits per heavy atom. The number of Topliss-reactive ketones (excluding diaryl/α,β-unsaturated/α-hetero) is 1. The smallest absolute Gasteiger partial charge is 0.166 e. The molecule has 0 aliphatic rings. The molecule has 0 radical (unpaired) electrons. The van der Waals surface area contributed by atoms with Crippen molar-refractivity contribution in [3.8, 4) is 11.5 Å². The van der Waals surface area contributed by atoms with Crippen LogP contribution in [0, 0.1) is 5.92 Å². The fourth-order valence-electron chi connectivity index (χ4n) is 1.59. The van der Waals surface area contributed by atoms with Crippen molar-refractivity contribution in [3.63, 3.8) is 0 Å². The maximum absolute atomic E-state index is 12.1. The number of rotatable bonds is 6. The first-order valence-electron chi connectivity index (χ1n) is 5.83. The highest BCUT2D eigenvalue weighted by Gasteiger charge is 2.13. The van der Waals surface area contributed by atoms with E-state index in [-0.39, 0.29) is 5.78 Å². The van der Waals surface area contributed by atoms with Crippen LogP contribution in [0.1, 0.15) is 37.0 Å². The molecule has 1 aromatic carbocycles. The van der Waals surface area contributed by atoms with E-state index in [2.05, 4.69) is 13.8 Å². The monoisotopic (exact) mass is 236 g/mol. The Hall–Kier alpha value is -1.51. The molecule has 0 atom stereocenters. The van der Waals surface area contributed by atoms with Crippen LogP contribution in [-0.2, 0) is 0 Å². The van der Waals surface area contributed by atoms with Gasteiger partial charge in [0.05, 0.1) is 19.8 Å². The van der Waals surface area contributed by atoms with Crippen LogP contribution < -0.4 is 9.47 Å². The van der Waals surface area contributed by atoms with Crippen LogP contribution >= 0.6 is 0 Å². The minimum absolute atomic E-state index is 0.106. The van der Waals surface area contributed by atoms with Crippen LogP contribution in [0.2, 0.25) is 0 Å². The molecule has 0 spiro atoms. The summed E-state index contributed by atoms with van der Waals surface area (Å²) in [6.45, 7) is 4.21. The highest BCUT2D eigenvalue weighted by Crippen LogP contribution is 2.25. The Morgan fingerprint density at radius 3 is 2.47 bits per heavy atom. The Bertz CT molecular complexity index is 383. The second kappa shape index (κ2) is 6.28. The lowest BCUT2D eigenvalue weighted by molar-refractivity contribution is 0.0972. The van der Waals surface area contributed by atoms with E-state index < -0.39 is 0 Å². The lowest BCUT2D eigenvalue weighted by atomic mass is 10.0. The molecule has 1 aromatic rings. The minimum atomic E-state index is 0.106. The summed E-state index contributed by atoms with van der Waals surface area (Å²) in [6.07, 6.45) is 1.43. The molecule has 0 bridgehead atoms. The lowest BCUT2D eigenvalue weighted by Gasteiger charge is -2.10. The standard InChI is InChI=1S/C14H20O3/c1-10(2)5-7-13(15)12-9-11(16-3)6-8-14(12)17-4/h6,8-10H,5,7H2,1-4H3. The van der Waals surface area contributed by atoms with Gasteiger partial charge in [0, 0.05) is 6.42 Å². The topological polar surface area (TPSA) is 35.5 Å². The number of carbonyl (C=O) groups is 1. The Morgan fingerprint density at radius 2 is 1.94 bits per heavy atom. The van der Waals surface area contributed by atoms with Crippen molar-refractivity contribution in [2.75, 3.05) is 14.2 Å². The molecular weight excluding hydrogens is 216 g/mol. The first-order valence-corrected chi connectivity index (χ1v) is 5.83. The van der Waals surface area contributed by atoms with Gasteiger partial charge in [-0.1, -0.05) is 13.8 Å². The highest BCUT2D eigenvalue weighted by atomic mass is 16.5. The zero-order valence-electron chi connectivity index (χ0n) is 10.9. The second-order valence-corrected chi connectivity index (χ2v) is 4.42. The Balaban J connectivity index is 2.89. The quantitative estimate of drug-likeness (QED) is 0.711. The molecule has 0 aliphatic heterocycles. The number of carbonyl (C=O) groups excluding carboxylic acids is 1. The summed E-state index contributed by atoms with van der Waals surface area (Å²) in [5, 5.41) is 0. The van der Waals surface area contributed by atoms with Crippen molar-refractivity contribution in [2.24, 2.45) is 5.92 Å². The molecule has 1 rings (SSSR count). The third kappa shape index (κ3) is 3.77. The number of ketones is 1. The number of benzene rings is 1. The summed E-state index contributed by atoms with van der Waals surface area (Å²) in [4.78, 5) is 12.1. The van der Waals surface area contributed by atoms with Crippen LogP contribution in [0.3, 0.4) is 0 Å². The van der Waals surface area contributed by atoms with Gasteiger partial charge in [-0.05, 0) is 30.5 Å². The Kier molecular flexibility index (Phi) is 5.01. The number of methoxy groups -OCH3 is 2. The molecule has 0 unspecified atom stereocenters. The maximum Gasteiger partial charge on any atom is 0.166 e. The SMILES string of the molecule is COc1ccc(OC)c(C(=O)CCC(C)C)c1. The van der Waals surface area contributed by atoms with Gasteiger partial charge < -0.3 is 9.47 Å². The maximum atomic E-state index is 12.1. The van der Waals surface area contributed by atoms with Gasteiger partial charge in [-0.15, -0.1) is 0 Å². The fraction of sp³-hybridized carbons (Fsp3) is 0.500. The molecule has 0 N–H and O–H groups in total. The molecule has 3 nitrogen and oxygen atoms in total. The minimum Gasteiger partial charge on any atom is -0.497 e. The van der Waals surface area contributed by atoms with E-state index in [1.807, 2.05) is 0 Å². The van der Waals surface area contributed by atoms with E-state index in [1.54, 1.807) is 32.4 Å². The van der Waals surface area contributed by atoms with Crippen molar-refractivity contribution < 1.29 is 14.3 Å². The summed E-state index contributed by atoms with van der Waals surface area (Å²) in [7, 11) is 3.16. The molecular formula is C14H20O3. The average Bonchev–Trinajstić information content (AvgIpc) is 2.34. The normalized spacial score (nSPS) is 10.4. The molecule has 17 heavy (non-hydrogen) atoms. The molecule has 0 heterocycles. The van der Waals surface area contributed by atoms with E-state index in [0.717, 1.165) is 6.42 Å². The van der Waals surface area contributed by atoms with Crippen LogP contribution in [0.15, 0.2) is 18.2 Å². The van der Waals surface area contributed by atoms with Gasteiger partial charge in [0.25, 0.3) is 0 Å². The lowest BCUT2D eigenvalue weighted by Crippen LogP contribution is -2.04. The predicted molar refractivity (Wildman–Crippen MR) is 67.9 cm³/mol. The third-order valence-electron chi connectivity index (χ3n) is 2.66. The van der Waals surface area contributed by atoms with Crippen LogP contribution in [0.25, 0.3) is 0 Å². The molecule has 3 heteroatoms. The van der Waals surface area contributed by atoms with Crippen molar-refractivity contribution >= 4 is 5.78 Å². The van der Waals surface area contributed by atoms with E-state index in [4.69, 9.17) is 9.47 Å². The summed E-state index contributed by atoms with van der Waals surface area (Å²) >= 11 is 0. The van der Waals surface area contributed by atoms with Gasteiger partial charge >= 0.3 is 0 Å². The van der Waals surface area contributed by atoms with Gasteiger partial charge in [0.2, 0.25) is 0 Å². The zero-order chi connectivity index (χ0) is 12.8. The van der Waals surface area contributed by atoms with Crippen molar-refractivity contribution in [3.05, 3.63) is 23.8 Å². The van der Waals surface area contributed by atoms with Crippen molar-refractivity contribution in [2.45, 2.75) is 26.7 Å². The molecule has 0 amide bonds. The summed E-state index contributed by atoms with van der Waals surface area (Å²) in [6, 6.07) is 5.29. The number of hydrogen-bond donors (Lipinski definition) is 0. The van der Waals surface area contributed by atoms with E-state index >= 15 is 0 Å². The average molecular weight is 236 g/mol. The van der Waals surface area contributed by atoms with E-state index in [9.17, 15) is 4.79 Å². The van der Waals surface area contributed by atoms with Crippen LogP contribution in [0.5, 0.6) is 11.5 Å². The number of ether oxygens (including phenoxy) is 2. The summed E-state index contributed by atoms with van der Waals surface area (Å²) < 4.78 is 10.3. The van der Waals surface area contributed by atoms with Crippen molar-refractivity contribution in [1.29, 1.82) is 0 Å². The summed E-state index contributed by atoms with van der Waals surface area (Å²) in [5.41, 5.74) is 0.604. The van der Waals surface area contributed by atoms with E-state index in [0.29, 0.717) is 29.4 Å². The largest absolute Gasteiger partial charge is 0.497 e. The number of hydrogen-bond acceptors (Lipinski definition) is 3. The molecule has 0 fully saturated rings.